The average Bonchev–Trinajstić information content (AvgIpc) is 3.58. The van der Waals surface area contributed by atoms with Crippen molar-refractivity contribution in [1.82, 2.24) is 10.6 Å². The minimum Gasteiger partial charge on any atom is -0.314 e. The minimum absolute atomic E-state index is 0. The van der Waals surface area contributed by atoms with E-state index in [1.165, 1.54) is 44.7 Å². The molecule has 4 rings (SSSR count). The van der Waals surface area contributed by atoms with Crippen LogP contribution in [0.25, 0.3) is 0 Å². The first-order valence-corrected chi connectivity index (χ1v) is 18.9. The third-order valence-corrected chi connectivity index (χ3v) is 14.5. The van der Waals surface area contributed by atoms with Gasteiger partial charge in [-0.1, -0.05) is 109 Å². The van der Waals surface area contributed by atoms with E-state index in [2.05, 4.69) is 109 Å². The molecule has 3 atom stereocenters. The summed E-state index contributed by atoms with van der Waals surface area (Å²) in [7, 11) is 3.27. The standard InChI is InChI=1S/C33H61N2P2.C5H5.Fe/c1-29(2,3)25-21-24(33(36,26-17-13-15-19-34-26)27-18-14-16-20-35-27)23(28(25)30(4,5)6)22-37(31(7,8)9)32(10,11)12;1-2-4-5-3-1;/h21,26-27,34-35H,13-20,22,36H2,1-12H3;1-5H;/q2*-1;+2. The summed E-state index contributed by atoms with van der Waals surface area (Å²) < 4.78 is 0. The van der Waals surface area contributed by atoms with E-state index in [1.807, 2.05) is 30.3 Å². The van der Waals surface area contributed by atoms with E-state index in [0.29, 0.717) is 22.4 Å². The SMILES string of the molecule is CC(C)(C)c1cc(C(P)(C2CCCCN2)C2CCCCN2)c(CP(C(C)(C)C)C(C)(C)C)[c-]1C(C)(C)C.[Fe+2].c1cc[cH-]c1. The number of piperidine rings is 2. The molecule has 0 spiro atoms. The maximum absolute atomic E-state index is 4.05. The molecule has 2 aromatic rings. The van der Waals surface area contributed by atoms with Crippen molar-refractivity contribution in [2.45, 2.75) is 166 Å². The summed E-state index contributed by atoms with van der Waals surface area (Å²) in [6.45, 7) is 32.0. The molecule has 0 aliphatic carbocycles. The van der Waals surface area contributed by atoms with Gasteiger partial charge in [-0.2, -0.15) is 34.9 Å². The van der Waals surface area contributed by atoms with Crippen LogP contribution in [0.2, 0.25) is 0 Å². The Morgan fingerprint density at radius 3 is 1.56 bits per heavy atom. The molecule has 5 heteroatoms. The van der Waals surface area contributed by atoms with Crippen LogP contribution in [0.5, 0.6) is 0 Å². The second-order valence-corrected chi connectivity index (χ2v) is 22.0. The quantitative estimate of drug-likeness (QED) is 0.188. The first-order valence-electron chi connectivity index (χ1n) is 16.8. The van der Waals surface area contributed by atoms with E-state index >= 15 is 0 Å². The van der Waals surface area contributed by atoms with Gasteiger partial charge >= 0.3 is 17.1 Å². The third kappa shape index (κ3) is 9.75. The molecule has 0 amide bonds. The van der Waals surface area contributed by atoms with Gasteiger partial charge in [0.15, 0.2) is 0 Å². The van der Waals surface area contributed by atoms with Gasteiger partial charge in [0.05, 0.1) is 0 Å². The van der Waals surface area contributed by atoms with E-state index in [0.717, 1.165) is 13.1 Å². The van der Waals surface area contributed by atoms with E-state index in [-0.39, 0.29) is 41.0 Å². The Balaban J connectivity index is 0.000000973. The number of hydrogen-bond donors (Lipinski definition) is 2. The second-order valence-electron chi connectivity index (χ2n) is 17.2. The van der Waals surface area contributed by atoms with Gasteiger partial charge < -0.3 is 10.6 Å². The van der Waals surface area contributed by atoms with E-state index < -0.39 is 0 Å². The van der Waals surface area contributed by atoms with Crippen molar-refractivity contribution in [2.24, 2.45) is 0 Å². The van der Waals surface area contributed by atoms with E-state index in [4.69, 9.17) is 0 Å². The Kier molecular flexibility index (Phi) is 13.9. The average molecular weight is 669 g/mol. The summed E-state index contributed by atoms with van der Waals surface area (Å²) in [5.74, 6) is 0. The molecule has 2 aliphatic rings. The van der Waals surface area contributed by atoms with Crippen LogP contribution in [0.3, 0.4) is 0 Å². The molecule has 2 aliphatic heterocycles. The number of hydrogen-bond acceptors (Lipinski definition) is 2. The monoisotopic (exact) mass is 668 g/mol. The molecule has 0 aromatic heterocycles. The normalized spacial score (nSPS) is 21.9. The molecule has 2 aromatic carbocycles. The zero-order chi connectivity index (χ0) is 31.6. The van der Waals surface area contributed by atoms with Gasteiger partial charge in [-0.15, -0.1) is 14.8 Å². The van der Waals surface area contributed by atoms with Gasteiger partial charge in [0.1, 0.15) is 0 Å². The van der Waals surface area contributed by atoms with Crippen molar-refractivity contribution in [3.63, 3.8) is 0 Å². The molecule has 0 radical (unpaired) electrons. The summed E-state index contributed by atoms with van der Waals surface area (Å²) in [4.78, 5) is 0. The molecule has 0 saturated carbocycles. The molecule has 2 nitrogen and oxygen atoms in total. The van der Waals surface area contributed by atoms with Crippen LogP contribution >= 0.6 is 17.2 Å². The first kappa shape index (κ1) is 39.2. The van der Waals surface area contributed by atoms with Gasteiger partial charge in [0, 0.05) is 12.1 Å². The van der Waals surface area contributed by atoms with Crippen LogP contribution in [0.1, 0.15) is 144 Å². The van der Waals surface area contributed by atoms with Gasteiger partial charge in [-0.25, -0.2) is 18.2 Å². The van der Waals surface area contributed by atoms with Crippen molar-refractivity contribution in [2.75, 3.05) is 13.1 Å². The van der Waals surface area contributed by atoms with Crippen LogP contribution < -0.4 is 10.6 Å². The molecule has 0 bridgehead atoms. The molecule has 2 fully saturated rings. The fraction of sp³-hybridized carbons (Fsp3) is 0.737. The predicted molar refractivity (Wildman–Crippen MR) is 194 cm³/mol. The van der Waals surface area contributed by atoms with Crippen molar-refractivity contribution in [1.29, 1.82) is 0 Å². The second kappa shape index (κ2) is 15.3. The topological polar surface area (TPSA) is 24.1 Å². The van der Waals surface area contributed by atoms with E-state index in [1.54, 1.807) is 22.3 Å². The zero-order valence-corrected chi connectivity index (χ0v) is 33.0. The first-order chi connectivity index (χ1) is 19.3. The smallest absolute Gasteiger partial charge is 0.314 e. The van der Waals surface area contributed by atoms with Gasteiger partial charge in [-0.05, 0) is 65.8 Å². The summed E-state index contributed by atoms with van der Waals surface area (Å²) in [5, 5.41) is 8.71. The molecule has 43 heavy (non-hydrogen) atoms. The maximum atomic E-state index is 4.05. The Morgan fingerprint density at radius 1 is 0.791 bits per heavy atom. The Morgan fingerprint density at radius 2 is 1.26 bits per heavy atom. The fourth-order valence-corrected chi connectivity index (χ4v) is 12.1. The summed E-state index contributed by atoms with van der Waals surface area (Å²) in [6.07, 6.45) is 9.06. The molecular weight excluding hydrogens is 602 g/mol. The van der Waals surface area contributed by atoms with Gasteiger partial charge in [-0.3, -0.25) is 0 Å². The van der Waals surface area contributed by atoms with Crippen LogP contribution in [0.4, 0.5) is 0 Å². The van der Waals surface area contributed by atoms with Crippen LogP contribution in [0, 0.1) is 0 Å². The predicted octanol–water partition coefficient (Wildman–Crippen LogP) is 10.3. The zero-order valence-electron chi connectivity index (χ0n) is 29.9. The molecule has 2 saturated heterocycles. The van der Waals surface area contributed by atoms with Crippen molar-refractivity contribution in [3.8, 4) is 0 Å². The number of rotatable bonds is 5. The van der Waals surface area contributed by atoms with E-state index in [9.17, 15) is 0 Å². The molecule has 2 N–H and O–H groups in total. The Bertz CT molecular complexity index is 1030. The summed E-state index contributed by atoms with van der Waals surface area (Å²) in [6, 6.07) is 13.7. The Labute approximate surface area is 281 Å². The van der Waals surface area contributed by atoms with Crippen LogP contribution in [0.15, 0.2) is 36.4 Å². The molecule has 2 heterocycles. The third-order valence-electron chi connectivity index (χ3n) is 9.47. The molecule has 3 unspecified atom stereocenters. The van der Waals surface area contributed by atoms with Crippen molar-refractivity contribution < 1.29 is 17.1 Å². The molecule has 246 valence electrons. The number of nitrogens with one attached hydrogen (secondary N) is 2. The van der Waals surface area contributed by atoms with Gasteiger partial charge in [0.25, 0.3) is 0 Å². The van der Waals surface area contributed by atoms with Gasteiger partial charge in [0.2, 0.25) is 0 Å². The van der Waals surface area contributed by atoms with Crippen molar-refractivity contribution >= 4 is 17.2 Å². The Hall–Kier alpha value is -0.000519. The molecular formula is C38H66FeN2P2. The maximum Gasteiger partial charge on any atom is 2.00 e. The van der Waals surface area contributed by atoms with Crippen molar-refractivity contribution in [3.05, 3.63) is 58.7 Å². The van der Waals surface area contributed by atoms with Crippen LogP contribution in [-0.4, -0.2) is 35.5 Å². The van der Waals surface area contributed by atoms with Crippen LogP contribution in [-0.2, 0) is 39.2 Å². The summed E-state index contributed by atoms with van der Waals surface area (Å²) >= 11 is 0. The summed E-state index contributed by atoms with van der Waals surface area (Å²) in [5.41, 5.74) is 6.80. The largest absolute Gasteiger partial charge is 2.00 e. The fourth-order valence-electron chi connectivity index (χ4n) is 7.70. The minimum atomic E-state index is -0.253.